The normalized spacial score (nSPS) is 19.5. The lowest BCUT2D eigenvalue weighted by molar-refractivity contribution is -0.148. The first kappa shape index (κ1) is 15.9. The summed E-state index contributed by atoms with van der Waals surface area (Å²) in [5, 5.41) is 2.76. The Hall–Kier alpha value is -1.14. The van der Waals surface area contributed by atoms with Gasteiger partial charge >= 0.3 is 5.97 Å². The molecule has 0 aromatic carbocycles. The number of likely N-dealkylation sites (tertiary alicyclic amines) is 1. The number of hydrogen-bond acceptors (Lipinski definition) is 5. The molecule has 2 unspecified atom stereocenters. The molecule has 0 aromatic heterocycles. The summed E-state index contributed by atoms with van der Waals surface area (Å²) < 4.78 is 4.72. The van der Waals surface area contributed by atoms with E-state index >= 15 is 0 Å². The van der Waals surface area contributed by atoms with Crippen LogP contribution in [-0.4, -0.2) is 55.1 Å². The number of ether oxygens (including phenoxy) is 1. The van der Waals surface area contributed by atoms with Gasteiger partial charge in [0.1, 0.15) is 0 Å². The Morgan fingerprint density at radius 3 is 2.53 bits per heavy atom. The highest BCUT2D eigenvalue weighted by Crippen LogP contribution is 2.08. The molecule has 1 aliphatic rings. The van der Waals surface area contributed by atoms with E-state index in [1.807, 2.05) is 6.92 Å². The molecule has 1 heterocycles. The zero-order valence-electron chi connectivity index (χ0n) is 11.9. The predicted molar refractivity (Wildman–Crippen MR) is 72.5 cm³/mol. The summed E-state index contributed by atoms with van der Waals surface area (Å²) in [7, 11) is 0. The number of esters is 1. The van der Waals surface area contributed by atoms with E-state index in [1.165, 1.54) is 19.3 Å². The van der Waals surface area contributed by atoms with Crippen molar-refractivity contribution in [1.82, 2.24) is 10.2 Å². The molecule has 1 fully saturated rings. The van der Waals surface area contributed by atoms with Gasteiger partial charge in [-0.2, -0.15) is 0 Å². The number of nitrogens with zero attached hydrogens (tertiary/aromatic N) is 1. The van der Waals surface area contributed by atoms with Gasteiger partial charge in [0.25, 0.3) is 0 Å². The van der Waals surface area contributed by atoms with Gasteiger partial charge in [0, 0.05) is 12.6 Å². The summed E-state index contributed by atoms with van der Waals surface area (Å²) in [5.41, 5.74) is 5.53. The Kier molecular flexibility index (Phi) is 6.80. The Morgan fingerprint density at radius 1 is 1.32 bits per heavy atom. The van der Waals surface area contributed by atoms with Crippen LogP contribution in [-0.2, 0) is 14.3 Å². The Morgan fingerprint density at radius 2 is 1.95 bits per heavy atom. The van der Waals surface area contributed by atoms with E-state index in [-0.39, 0.29) is 12.6 Å². The minimum absolute atomic E-state index is 0.0222. The van der Waals surface area contributed by atoms with Crippen molar-refractivity contribution in [2.75, 3.05) is 26.2 Å². The molecule has 19 heavy (non-hydrogen) atoms. The van der Waals surface area contributed by atoms with Gasteiger partial charge in [0.05, 0.1) is 6.61 Å². The van der Waals surface area contributed by atoms with Gasteiger partial charge in [-0.25, -0.2) is 4.79 Å². The third-order valence-electron chi connectivity index (χ3n) is 3.19. The quantitative estimate of drug-likeness (QED) is 0.519. The Balaban J connectivity index is 2.31. The summed E-state index contributed by atoms with van der Waals surface area (Å²) in [4.78, 5) is 25.4. The molecule has 1 amide bonds. The van der Waals surface area contributed by atoms with E-state index in [0.29, 0.717) is 0 Å². The van der Waals surface area contributed by atoms with E-state index in [1.54, 1.807) is 6.92 Å². The van der Waals surface area contributed by atoms with Crippen molar-refractivity contribution in [3.8, 4) is 0 Å². The standard InChI is InChI=1S/C13H25N3O3/c1-3-19-13(18)11(14)12(17)15-10(2)9-16-7-5-4-6-8-16/h10-11H,3-9,14H2,1-2H3,(H,15,17). The maximum atomic E-state index is 11.8. The molecule has 6 heteroatoms. The third kappa shape index (κ3) is 5.57. The Bertz CT molecular complexity index is 304. The van der Waals surface area contributed by atoms with E-state index < -0.39 is 17.9 Å². The monoisotopic (exact) mass is 271 g/mol. The van der Waals surface area contributed by atoms with Crippen LogP contribution in [0.2, 0.25) is 0 Å². The van der Waals surface area contributed by atoms with Gasteiger partial charge in [-0.1, -0.05) is 6.42 Å². The van der Waals surface area contributed by atoms with Crippen molar-refractivity contribution in [3.05, 3.63) is 0 Å². The van der Waals surface area contributed by atoms with Crippen LogP contribution < -0.4 is 11.1 Å². The van der Waals surface area contributed by atoms with Gasteiger partial charge in [0.2, 0.25) is 5.91 Å². The molecule has 0 radical (unpaired) electrons. The second-order valence-corrected chi connectivity index (χ2v) is 5.00. The topological polar surface area (TPSA) is 84.7 Å². The molecule has 110 valence electrons. The summed E-state index contributed by atoms with van der Waals surface area (Å²) in [5.74, 6) is -1.15. The van der Waals surface area contributed by atoms with Gasteiger partial charge < -0.3 is 20.7 Å². The van der Waals surface area contributed by atoms with Crippen molar-refractivity contribution in [1.29, 1.82) is 0 Å². The number of carbonyl (C=O) groups is 2. The van der Waals surface area contributed by atoms with Crippen molar-refractivity contribution >= 4 is 11.9 Å². The summed E-state index contributed by atoms with van der Waals surface area (Å²) >= 11 is 0. The van der Waals surface area contributed by atoms with Crippen molar-refractivity contribution in [3.63, 3.8) is 0 Å². The Labute approximate surface area is 114 Å². The lowest BCUT2D eigenvalue weighted by Crippen LogP contribution is -2.52. The molecule has 3 N–H and O–H groups in total. The molecule has 6 nitrogen and oxygen atoms in total. The largest absolute Gasteiger partial charge is 0.464 e. The van der Waals surface area contributed by atoms with E-state index in [2.05, 4.69) is 10.2 Å². The number of rotatable bonds is 6. The fraction of sp³-hybridized carbons (Fsp3) is 0.846. The molecule has 2 atom stereocenters. The van der Waals surface area contributed by atoms with Crippen LogP contribution in [0.5, 0.6) is 0 Å². The molecule has 1 rings (SSSR count). The second kappa shape index (κ2) is 8.12. The van der Waals surface area contributed by atoms with Crippen molar-refractivity contribution < 1.29 is 14.3 Å². The molecule has 0 bridgehead atoms. The summed E-state index contributed by atoms with van der Waals surface area (Å²) in [6, 6.07) is -1.25. The van der Waals surface area contributed by atoms with E-state index in [9.17, 15) is 9.59 Å². The smallest absolute Gasteiger partial charge is 0.332 e. The van der Waals surface area contributed by atoms with Crippen LogP contribution in [0.15, 0.2) is 0 Å². The first-order valence-corrected chi connectivity index (χ1v) is 6.99. The van der Waals surface area contributed by atoms with Gasteiger partial charge in [-0.15, -0.1) is 0 Å². The lowest BCUT2D eigenvalue weighted by Gasteiger charge is -2.29. The molecule has 0 aliphatic carbocycles. The molecular weight excluding hydrogens is 246 g/mol. The van der Waals surface area contributed by atoms with Crippen molar-refractivity contribution in [2.24, 2.45) is 5.73 Å². The molecular formula is C13H25N3O3. The molecule has 0 spiro atoms. The van der Waals surface area contributed by atoms with Gasteiger partial charge in [-0.3, -0.25) is 4.79 Å². The maximum absolute atomic E-state index is 11.8. The minimum Gasteiger partial charge on any atom is -0.464 e. The first-order chi connectivity index (χ1) is 9.04. The molecule has 1 saturated heterocycles. The average Bonchev–Trinajstić information content (AvgIpc) is 2.39. The van der Waals surface area contributed by atoms with Crippen LogP contribution in [0.1, 0.15) is 33.1 Å². The van der Waals surface area contributed by atoms with Gasteiger partial charge in [-0.05, 0) is 39.8 Å². The highest BCUT2D eigenvalue weighted by Gasteiger charge is 2.25. The van der Waals surface area contributed by atoms with Gasteiger partial charge in [0.15, 0.2) is 6.04 Å². The molecule has 1 aliphatic heterocycles. The minimum atomic E-state index is -1.23. The number of hydrogen-bond donors (Lipinski definition) is 2. The van der Waals surface area contributed by atoms with Crippen LogP contribution in [0.25, 0.3) is 0 Å². The SMILES string of the molecule is CCOC(=O)C(N)C(=O)NC(C)CN1CCCCC1. The lowest BCUT2D eigenvalue weighted by atomic mass is 10.1. The first-order valence-electron chi connectivity index (χ1n) is 6.99. The highest BCUT2D eigenvalue weighted by molar-refractivity contribution is 6.01. The summed E-state index contributed by atoms with van der Waals surface area (Å²) in [6.07, 6.45) is 3.71. The van der Waals surface area contributed by atoms with Crippen LogP contribution in [0.4, 0.5) is 0 Å². The zero-order chi connectivity index (χ0) is 14.3. The molecule has 0 aromatic rings. The van der Waals surface area contributed by atoms with E-state index in [0.717, 1.165) is 19.6 Å². The predicted octanol–water partition coefficient (Wildman–Crippen LogP) is -0.133. The third-order valence-corrected chi connectivity index (χ3v) is 3.19. The highest BCUT2D eigenvalue weighted by atomic mass is 16.5. The average molecular weight is 271 g/mol. The van der Waals surface area contributed by atoms with Crippen LogP contribution in [0.3, 0.4) is 0 Å². The fourth-order valence-electron chi connectivity index (χ4n) is 2.25. The zero-order valence-corrected chi connectivity index (χ0v) is 11.9. The van der Waals surface area contributed by atoms with Crippen LogP contribution in [0, 0.1) is 0 Å². The number of nitrogens with two attached hydrogens (primary N) is 1. The fourth-order valence-corrected chi connectivity index (χ4v) is 2.25. The number of amides is 1. The number of nitrogens with one attached hydrogen (secondary N) is 1. The molecule has 0 saturated carbocycles. The maximum Gasteiger partial charge on any atom is 0.332 e. The number of carbonyl (C=O) groups excluding carboxylic acids is 2. The van der Waals surface area contributed by atoms with Crippen LogP contribution >= 0.6 is 0 Å². The van der Waals surface area contributed by atoms with E-state index in [4.69, 9.17) is 10.5 Å². The van der Waals surface area contributed by atoms with Crippen molar-refractivity contribution in [2.45, 2.75) is 45.2 Å². The summed E-state index contributed by atoms with van der Waals surface area (Å²) in [6.45, 7) is 6.77. The number of piperidine rings is 1. The second-order valence-electron chi connectivity index (χ2n) is 5.00.